The second kappa shape index (κ2) is 2.70. The predicted octanol–water partition coefficient (Wildman–Crippen LogP) is 1.56. The normalized spacial score (nSPS) is 21.8. The van der Waals surface area contributed by atoms with Crippen molar-refractivity contribution in [3.8, 4) is 0 Å². The number of halogens is 1. The topological polar surface area (TPSA) is 26.0 Å². The molecule has 1 aliphatic rings. The first kappa shape index (κ1) is 8.25. The van der Waals surface area contributed by atoms with E-state index in [0.717, 1.165) is 6.54 Å². The van der Waals surface area contributed by atoms with E-state index in [1.165, 1.54) is 19.3 Å². The van der Waals surface area contributed by atoms with Gasteiger partial charge in [0.25, 0.3) is 0 Å². The third kappa shape index (κ3) is 2.01. The van der Waals surface area contributed by atoms with Gasteiger partial charge in [-0.05, 0) is 31.2 Å². The van der Waals surface area contributed by atoms with E-state index in [9.17, 15) is 0 Å². The third-order valence-corrected chi connectivity index (χ3v) is 1.85. The Morgan fingerprint density at radius 3 is 2.12 bits per heavy atom. The first-order chi connectivity index (χ1) is 3.27. The smallest absolute Gasteiger partial charge is 0.00721 e. The van der Waals surface area contributed by atoms with Crippen molar-refractivity contribution in [3.63, 3.8) is 0 Å². The van der Waals surface area contributed by atoms with Gasteiger partial charge in [-0.25, -0.2) is 0 Å². The summed E-state index contributed by atoms with van der Waals surface area (Å²) in [5.41, 5.74) is 6.03. The zero-order chi connectivity index (χ0) is 5.33. The van der Waals surface area contributed by atoms with E-state index in [-0.39, 0.29) is 12.4 Å². The summed E-state index contributed by atoms with van der Waals surface area (Å²) in [6.07, 6.45) is 4.04. The van der Waals surface area contributed by atoms with Crippen molar-refractivity contribution in [2.75, 3.05) is 6.54 Å². The standard InChI is InChI=1S/C6H13N.ClH/c1-6(2-3-6)4-5-7;/h2-5,7H2,1H3;1H. The highest BCUT2D eigenvalue weighted by Gasteiger charge is 2.35. The SMILES string of the molecule is CC1(CCN)CC1.Cl. The Bertz CT molecular complexity index is 68.9. The van der Waals surface area contributed by atoms with Crippen molar-refractivity contribution in [3.05, 3.63) is 0 Å². The molecular formula is C6H14ClN. The minimum Gasteiger partial charge on any atom is -0.330 e. The predicted molar refractivity (Wildman–Crippen MR) is 38.3 cm³/mol. The fourth-order valence-corrected chi connectivity index (χ4v) is 0.812. The van der Waals surface area contributed by atoms with Crippen LogP contribution in [0, 0.1) is 5.41 Å². The highest BCUT2D eigenvalue weighted by Crippen LogP contribution is 2.47. The molecule has 0 unspecified atom stereocenters. The van der Waals surface area contributed by atoms with Crippen LogP contribution in [0.25, 0.3) is 0 Å². The van der Waals surface area contributed by atoms with Gasteiger partial charge in [0.2, 0.25) is 0 Å². The molecule has 8 heavy (non-hydrogen) atoms. The van der Waals surface area contributed by atoms with Gasteiger partial charge >= 0.3 is 0 Å². The van der Waals surface area contributed by atoms with Crippen LogP contribution in [0.5, 0.6) is 0 Å². The highest BCUT2D eigenvalue weighted by molar-refractivity contribution is 5.85. The Morgan fingerprint density at radius 2 is 2.00 bits per heavy atom. The van der Waals surface area contributed by atoms with E-state index in [1.54, 1.807) is 0 Å². The molecule has 50 valence electrons. The summed E-state index contributed by atoms with van der Waals surface area (Å²) in [5.74, 6) is 0. The molecule has 0 radical (unpaired) electrons. The molecule has 1 fully saturated rings. The Hall–Kier alpha value is 0.250. The molecule has 0 saturated heterocycles. The minimum atomic E-state index is 0. The molecule has 2 heteroatoms. The van der Waals surface area contributed by atoms with Gasteiger partial charge in [-0.1, -0.05) is 6.92 Å². The summed E-state index contributed by atoms with van der Waals surface area (Å²) in [4.78, 5) is 0. The van der Waals surface area contributed by atoms with Crippen LogP contribution in [-0.4, -0.2) is 6.54 Å². The van der Waals surface area contributed by atoms with Gasteiger partial charge in [-0.3, -0.25) is 0 Å². The van der Waals surface area contributed by atoms with Crippen molar-refractivity contribution >= 4 is 12.4 Å². The molecule has 1 rings (SSSR count). The highest BCUT2D eigenvalue weighted by atomic mass is 35.5. The summed E-state index contributed by atoms with van der Waals surface area (Å²) in [6.45, 7) is 3.18. The Balaban J connectivity index is 0.000000490. The number of hydrogen-bond acceptors (Lipinski definition) is 1. The second-order valence-corrected chi connectivity index (χ2v) is 2.85. The van der Waals surface area contributed by atoms with E-state index < -0.39 is 0 Å². The lowest BCUT2D eigenvalue weighted by Gasteiger charge is -2.01. The van der Waals surface area contributed by atoms with E-state index in [2.05, 4.69) is 6.92 Å². The lowest BCUT2D eigenvalue weighted by atomic mass is 10.1. The second-order valence-electron chi connectivity index (χ2n) is 2.85. The van der Waals surface area contributed by atoms with Crippen LogP contribution in [0.3, 0.4) is 0 Å². The number of rotatable bonds is 2. The maximum Gasteiger partial charge on any atom is -0.00721 e. The van der Waals surface area contributed by atoms with Crippen LogP contribution in [0.2, 0.25) is 0 Å². The zero-order valence-corrected chi connectivity index (χ0v) is 6.13. The van der Waals surface area contributed by atoms with Crippen LogP contribution >= 0.6 is 12.4 Å². The molecule has 0 aliphatic heterocycles. The molecule has 0 spiro atoms. The average Bonchev–Trinajstić information content (AvgIpc) is 2.22. The van der Waals surface area contributed by atoms with Gasteiger partial charge < -0.3 is 5.73 Å². The summed E-state index contributed by atoms with van der Waals surface area (Å²) < 4.78 is 0. The zero-order valence-electron chi connectivity index (χ0n) is 5.31. The molecule has 0 heterocycles. The summed E-state index contributed by atoms with van der Waals surface area (Å²) >= 11 is 0. The number of hydrogen-bond donors (Lipinski definition) is 1. The van der Waals surface area contributed by atoms with Crippen LogP contribution in [0.4, 0.5) is 0 Å². The van der Waals surface area contributed by atoms with Gasteiger partial charge in [0.1, 0.15) is 0 Å². The quantitative estimate of drug-likeness (QED) is 0.611. The van der Waals surface area contributed by atoms with Crippen molar-refractivity contribution in [1.29, 1.82) is 0 Å². The van der Waals surface area contributed by atoms with Gasteiger partial charge in [-0.15, -0.1) is 12.4 Å². The minimum absolute atomic E-state index is 0. The van der Waals surface area contributed by atoms with Crippen molar-refractivity contribution in [1.82, 2.24) is 0 Å². The average molecular weight is 136 g/mol. The van der Waals surface area contributed by atoms with Gasteiger partial charge in [0.05, 0.1) is 0 Å². The molecule has 2 N–H and O–H groups in total. The summed E-state index contributed by atoms with van der Waals surface area (Å²) in [7, 11) is 0. The maximum atomic E-state index is 5.35. The number of nitrogens with two attached hydrogens (primary N) is 1. The first-order valence-electron chi connectivity index (χ1n) is 2.97. The Morgan fingerprint density at radius 1 is 1.50 bits per heavy atom. The lowest BCUT2D eigenvalue weighted by Crippen LogP contribution is -2.04. The molecule has 0 amide bonds. The van der Waals surface area contributed by atoms with Crippen molar-refractivity contribution in [2.24, 2.45) is 11.1 Å². The van der Waals surface area contributed by atoms with E-state index in [1.807, 2.05) is 0 Å². The molecule has 0 aromatic rings. The fourth-order valence-electron chi connectivity index (χ4n) is 0.812. The van der Waals surface area contributed by atoms with E-state index >= 15 is 0 Å². The third-order valence-electron chi connectivity index (χ3n) is 1.85. The fraction of sp³-hybridized carbons (Fsp3) is 1.00. The summed E-state index contributed by atoms with van der Waals surface area (Å²) in [6, 6.07) is 0. The molecule has 0 atom stereocenters. The van der Waals surface area contributed by atoms with Gasteiger partial charge in [0.15, 0.2) is 0 Å². The van der Waals surface area contributed by atoms with E-state index in [4.69, 9.17) is 5.73 Å². The first-order valence-corrected chi connectivity index (χ1v) is 2.97. The van der Waals surface area contributed by atoms with Crippen molar-refractivity contribution in [2.45, 2.75) is 26.2 Å². The monoisotopic (exact) mass is 135 g/mol. The van der Waals surface area contributed by atoms with E-state index in [0.29, 0.717) is 5.41 Å². The molecule has 1 aliphatic carbocycles. The largest absolute Gasteiger partial charge is 0.330 e. The molecule has 0 aromatic carbocycles. The van der Waals surface area contributed by atoms with Gasteiger partial charge in [0, 0.05) is 0 Å². The van der Waals surface area contributed by atoms with Crippen LogP contribution < -0.4 is 5.73 Å². The molecule has 1 saturated carbocycles. The summed E-state index contributed by atoms with van der Waals surface area (Å²) in [5, 5.41) is 0. The lowest BCUT2D eigenvalue weighted by molar-refractivity contribution is 0.527. The molecular weight excluding hydrogens is 122 g/mol. The van der Waals surface area contributed by atoms with Gasteiger partial charge in [-0.2, -0.15) is 0 Å². The molecule has 1 nitrogen and oxygen atoms in total. The van der Waals surface area contributed by atoms with Crippen LogP contribution in [0.15, 0.2) is 0 Å². The Labute approximate surface area is 57.1 Å². The Kier molecular flexibility index (Phi) is 2.78. The van der Waals surface area contributed by atoms with Crippen LogP contribution in [0.1, 0.15) is 26.2 Å². The maximum absolute atomic E-state index is 5.35. The molecule has 0 aromatic heterocycles. The van der Waals surface area contributed by atoms with Crippen LogP contribution in [-0.2, 0) is 0 Å². The molecule has 0 bridgehead atoms. The van der Waals surface area contributed by atoms with Crippen molar-refractivity contribution < 1.29 is 0 Å².